The van der Waals surface area contributed by atoms with Crippen LogP contribution >= 0.6 is 0 Å². The molecule has 0 heterocycles. The monoisotopic (exact) mass is 196 g/mol. The number of nitrogens with two attached hydrogens (primary N) is 2. The third-order valence-corrected chi connectivity index (χ3v) is 1.37. The van der Waals surface area contributed by atoms with Crippen LogP contribution in [0.15, 0.2) is 24.3 Å². The van der Waals surface area contributed by atoms with Gasteiger partial charge in [0.2, 0.25) is 5.91 Å². The number of carbonyl (C=O) groups excluding carboxylic acids is 1. The molecule has 1 aromatic carbocycles. The van der Waals surface area contributed by atoms with Crippen LogP contribution in [0.3, 0.4) is 0 Å². The molecule has 0 radical (unpaired) electrons. The van der Waals surface area contributed by atoms with Gasteiger partial charge in [0.25, 0.3) is 0 Å². The minimum absolute atomic E-state index is 0.423. The number of hydrogen-bond donors (Lipinski definition) is 2. The van der Waals surface area contributed by atoms with Crippen molar-refractivity contribution < 1.29 is 9.53 Å². The Morgan fingerprint density at radius 2 is 1.79 bits per heavy atom. The zero-order valence-corrected chi connectivity index (χ0v) is 8.49. The second kappa shape index (κ2) is 6.91. The van der Waals surface area contributed by atoms with E-state index in [1.54, 1.807) is 31.4 Å². The summed E-state index contributed by atoms with van der Waals surface area (Å²) in [6.07, 6.45) is 0. The van der Waals surface area contributed by atoms with E-state index in [1.807, 2.05) is 6.92 Å². The maximum absolute atomic E-state index is 10.6. The molecule has 0 aliphatic heterocycles. The molecule has 4 nitrogen and oxygen atoms in total. The third-order valence-electron chi connectivity index (χ3n) is 1.37. The van der Waals surface area contributed by atoms with E-state index in [2.05, 4.69) is 0 Å². The standard InChI is InChI=1S/C8H9NO2.C2H7N/c1-11-7-4-2-6(3-5-7)8(9)10;1-2-3/h2-5H,1H3,(H2,9,10);2-3H2,1H3. The van der Waals surface area contributed by atoms with Crippen LogP contribution < -0.4 is 16.2 Å². The van der Waals surface area contributed by atoms with E-state index < -0.39 is 5.91 Å². The van der Waals surface area contributed by atoms with Gasteiger partial charge in [0.1, 0.15) is 5.75 Å². The van der Waals surface area contributed by atoms with Crippen molar-refractivity contribution >= 4 is 5.91 Å². The van der Waals surface area contributed by atoms with E-state index >= 15 is 0 Å². The predicted molar refractivity (Wildman–Crippen MR) is 56.2 cm³/mol. The minimum atomic E-state index is -0.423. The van der Waals surface area contributed by atoms with Crippen molar-refractivity contribution in [2.24, 2.45) is 11.5 Å². The SMILES string of the molecule is CCN.COc1ccc(C(N)=O)cc1. The summed E-state index contributed by atoms with van der Waals surface area (Å²) >= 11 is 0. The van der Waals surface area contributed by atoms with Crippen molar-refractivity contribution in [2.75, 3.05) is 13.7 Å². The number of hydrogen-bond acceptors (Lipinski definition) is 3. The topological polar surface area (TPSA) is 78.3 Å². The van der Waals surface area contributed by atoms with Gasteiger partial charge in [-0.3, -0.25) is 4.79 Å². The molecule has 0 bridgehead atoms. The van der Waals surface area contributed by atoms with Gasteiger partial charge in [-0.25, -0.2) is 0 Å². The molecule has 0 atom stereocenters. The summed E-state index contributed by atoms with van der Waals surface area (Å²) in [5, 5.41) is 0. The van der Waals surface area contributed by atoms with E-state index in [9.17, 15) is 4.79 Å². The van der Waals surface area contributed by atoms with Crippen LogP contribution in [0.4, 0.5) is 0 Å². The number of amides is 1. The molecular formula is C10H16N2O2. The Labute approximate surface area is 83.9 Å². The van der Waals surface area contributed by atoms with Gasteiger partial charge >= 0.3 is 0 Å². The number of benzene rings is 1. The zero-order valence-electron chi connectivity index (χ0n) is 8.49. The molecule has 0 spiro atoms. The highest BCUT2D eigenvalue weighted by atomic mass is 16.5. The fourth-order valence-electron chi connectivity index (χ4n) is 0.755. The Kier molecular flexibility index (Phi) is 6.15. The summed E-state index contributed by atoms with van der Waals surface area (Å²) in [6.45, 7) is 2.65. The van der Waals surface area contributed by atoms with Crippen LogP contribution in [0.2, 0.25) is 0 Å². The highest BCUT2D eigenvalue weighted by Crippen LogP contribution is 2.10. The lowest BCUT2D eigenvalue weighted by Gasteiger charge is -1.98. The predicted octanol–water partition coefficient (Wildman–Crippen LogP) is 0.759. The Morgan fingerprint density at radius 1 is 1.36 bits per heavy atom. The van der Waals surface area contributed by atoms with E-state index in [1.165, 1.54) is 0 Å². The van der Waals surface area contributed by atoms with Gasteiger partial charge in [-0.05, 0) is 30.8 Å². The average molecular weight is 196 g/mol. The van der Waals surface area contributed by atoms with E-state index in [0.717, 1.165) is 12.3 Å². The second-order valence-corrected chi connectivity index (χ2v) is 2.50. The Balaban J connectivity index is 0.000000500. The number of methoxy groups -OCH3 is 1. The zero-order chi connectivity index (χ0) is 11.0. The molecule has 0 unspecified atom stereocenters. The Bertz CT molecular complexity index is 270. The van der Waals surface area contributed by atoms with Crippen molar-refractivity contribution in [3.8, 4) is 5.75 Å². The van der Waals surface area contributed by atoms with E-state index in [0.29, 0.717) is 5.56 Å². The number of rotatable bonds is 2. The normalized spacial score (nSPS) is 8.50. The van der Waals surface area contributed by atoms with Gasteiger partial charge in [0.15, 0.2) is 0 Å². The van der Waals surface area contributed by atoms with Gasteiger partial charge in [0.05, 0.1) is 7.11 Å². The molecule has 14 heavy (non-hydrogen) atoms. The quantitative estimate of drug-likeness (QED) is 0.733. The summed E-state index contributed by atoms with van der Waals surface area (Å²) in [4.78, 5) is 10.6. The molecule has 0 saturated carbocycles. The molecule has 1 aromatic rings. The molecule has 78 valence electrons. The first-order valence-corrected chi connectivity index (χ1v) is 4.29. The first-order chi connectivity index (χ1) is 6.65. The van der Waals surface area contributed by atoms with Gasteiger partial charge in [-0.1, -0.05) is 6.92 Å². The summed E-state index contributed by atoms with van der Waals surface area (Å²) in [5.41, 5.74) is 10.4. The lowest BCUT2D eigenvalue weighted by atomic mass is 10.2. The summed E-state index contributed by atoms with van der Waals surface area (Å²) < 4.78 is 4.90. The lowest BCUT2D eigenvalue weighted by molar-refractivity contribution is 0.100. The third kappa shape index (κ3) is 4.47. The van der Waals surface area contributed by atoms with Crippen LogP contribution in [0.1, 0.15) is 17.3 Å². The molecule has 0 aromatic heterocycles. The largest absolute Gasteiger partial charge is 0.497 e. The summed E-state index contributed by atoms with van der Waals surface area (Å²) in [5.74, 6) is 0.294. The Hall–Kier alpha value is -1.55. The van der Waals surface area contributed by atoms with Gasteiger partial charge in [-0.15, -0.1) is 0 Å². The number of ether oxygens (including phenoxy) is 1. The fraction of sp³-hybridized carbons (Fsp3) is 0.300. The van der Waals surface area contributed by atoms with Crippen LogP contribution in [-0.4, -0.2) is 19.6 Å². The molecule has 0 saturated heterocycles. The van der Waals surface area contributed by atoms with Crippen molar-refractivity contribution in [2.45, 2.75) is 6.92 Å². The van der Waals surface area contributed by atoms with Gasteiger partial charge < -0.3 is 16.2 Å². The molecule has 4 N–H and O–H groups in total. The molecule has 0 aliphatic carbocycles. The lowest BCUT2D eigenvalue weighted by Crippen LogP contribution is -2.10. The first kappa shape index (κ1) is 12.4. The van der Waals surface area contributed by atoms with Crippen molar-refractivity contribution in [3.05, 3.63) is 29.8 Å². The number of primary amides is 1. The average Bonchev–Trinajstić information content (AvgIpc) is 2.19. The highest BCUT2D eigenvalue weighted by molar-refractivity contribution is 5.92. The first-order valence-electron chi connectivity index (χ1n) is 4.29. The van der Waals surface area contributed by atoms with Gasteiger partial charge in [0, 0.05) is 5.56 Å². The molecule has 1 amide bonds. The fourth-order valence-corrected chi connectivity index (χ4v) is 0.755. The maximum Gasteiger partial charge on any atom is 0.248 e. The van der Waals surface area contributed by atoms with Crippen LogP contribution in [0.5, 0.6) is 5.75 Å². The van der Waals surface area contributed by atoms with Crippen LogP contribution in [0, 0.1) is 0 Å². The van der Waals surface area contributed by atoms with E-state index in [4.69, 9.17) is 16.2 Å². The van der Waals surface area contributed by atoms with Crippen LogP contribution in [0.25, 0.3) is 0 Å². The molecule has 0 aliphatic rings. The second-order valence-electron chi connectivity index (χ2n) is 2.50. The maximum atomic E-state index is 10.6. The molecule has 1 rings (SSSR count). The molecule has 4 heteroatoms. The minimum Gasteiger partial charge on any atom is -0.497 e. The van der Waals surface area contributed by atoms with Crippen molar-refractivity contribution in [3.63, 3.8) is 0 Å². The smallest absolute Gasteiger partial charge is 0.248 e. The summed E-state index contributed by atoms with van der Waals surface area (Å²) in [7, 11) is 1.57. The van der Waals surface area contributed by atoms with Crippen molar-refractivity contribution in [1.82, 2.24) is 0 Å². The summed E-state index contributed by atoms with van der Waals surface area (Å²) in [6, 6.07) is 6.64. The van der Waals surface area contributed by atoms with Crippen molar-refractivity contribution in [1.29, 1.82) is 0 Å². The molecular weight excluding hydrogens is 180 g/mol. The van der Waals surface area contributed by atoms with E-state index in [-0.39, 0.29) is 0 Å². The Morgan fingerprint density at radius 3 is 2.07 bits per heavy atom. The highest BCUT2D eigenvalue weighted by Gasteiger charge is 1.98. The van der Waals surface area contributed by atoms with Gasteiger partial charge in [-0.2, -0.15) is 0 Å². The molecule has 0 fully saturated rings. The number of carbonyl (C=O) groups is 1. The van der Waals surface area contributed by atoms with Crippen LogP contribution in [-0.2, 0) is 0 Å².